The Kier molecular flexibility index (Phi) is 8.01. The van der Waals surface area contributed by atoms with Crippen LogP contribution < -0.4 is 10.6 Å². The van der Waals surface area contributed by atoms with Crippen LogP contribution in [0.25, 0.3) is 0 Å². The molecule has 1 aliphatic rings. The number of likely N-dealkylation sites (N-methyl/N-ethyl adjacent to an activating group) is 1. The van der Waals surface area contributed by atoms with Crippen LogP contribution in [0.4, 0.5) is 11.4 Å². The van der Waals surface area contributed by atoms with Crippen LogP contribution in [0.3, 0.4) is 0 Å². The Morgan fingerprint density at radius 3 is 1.77 bits per heavy atom. The normalized spacial score (nSPS) is 14.7. The zero-order valence-corrected chi connectivity index (χ0v) is 18.8. The molecule has 0 atom stereocenters. The number of allylic oxidation sites excluding steroid dienone is 2. The minimum absolute atomic E-state index is 0.506. The smallest absolute Gasteiger partial charge is 0.207 e. The van der Waals surface area contributed by atoms with E-state index in [1.54, 1.807) is 0 Å². The summed E-state index contributed by atoms with van der Waals surface area (Å²) in [7, 11) is 0. The molecule has 2 N–H and O–H groups in total. The lowest BCUT2D eigenvalue weighted by Gasteiger charge is -2.45. The molecule has 0 aliphatic carbocycles. The molecule has 0 radical (unpaired) electrons. The maximum Gasteiger partial charge on any atom is 0.207 e. The second-order valence-corrected chi connectivity index (χ2v) is 8.02. The van der Waals surface area contributed by atoms with Crippen molar-refractivity contribution in [2.24, 2.45) is 0 Å². The van der Waals surface area contributed by atoms with Crippen LogP contribution in [0.15, 0.2) is 73.0 Å². The Morgan fingerprint density at radius 1 is 0.733 bits per heavy atom. The number of aryl methyl sites for hydroxylation is 2. The Bertz CT molecular complexity index is 799. The number of rotatable bonds is 11. The van der Waals surface area contributed by atoms with Crippen molar-refractivity contribution >= 4 is 11.4 Å². The molecule has 0 aromatic heterocycles. The van der Waals surface area contributed by atoms with Gasteiger partial charge in [0.1, 0.15) is 0 Å². The van der Waals surface area contributed by atoms with Crippen LogP contribution in [0.2, 0.25) is 0 Å². The van der Waals surface area contributed by atoms with E-state index in [2.05, 4.69) is 109 Å². The van der Waals surface area contributed by atoms with Crippen molar-refractivity contribution in [1.29, 1.82) is 0 Å². The van der Waals surface area contributed by atoms with Gasteiger partial charge in [-0.05, 0) is 68.0 Å². The van der Waals surface area contributed by atoms with Crippen molar-refractivity contribution in [2.75, 3.05) is 17.2 Å². The van der Waals surface area contributed by atoms with Crippen molar-refractivity contribution in [3.8, 4) is 0 Å². The predicted octanol–water partition coefficient (Wildman–Crippen LogP) is 6.96. The standard InChI is InChI=1S/C27H37N3/c1-4-7-15-23-17-9-11-19-25(23)28-27(21-13-14-22-30(27)6-3)29-26-20-12-10-18-24(26)16-8-5-2/h9-14,17-22,28-29H,4-8,15-16H2,1-3H3. The molecule has 0 saturated carbocycles. The number of unbranched alkanes of at least 4 members (excludes halogenated alkanes) is 2. The Balaban J connectivity index is 1.97. The molecule has 3 rings (SSSR count). The van der Waals surface area contributed by atoms with Gasteiger partial charge in [0.2, 0.25) is 5.79 Å². The van der Waals surface area contributed by atoms with Crippen LogP contribution in [0.5, 0.6) is 0 Å². The topological polar surface area (TPSA) is 27.3 Å². The monoisotopic (exact) mass is 403 g/mol. The first kappa shape index (κ1) is 22.0. The number of nitrogens with zero attached hydrogens (tertiary/aromatic N) is 1. The minimum atomic E-state index is -0.506. The number of hydrogen-bond donors (Lipinski definition) is 2. The van der Waals surface area contributed by atoms with E-state index in [4.69, 9.17) is 0 Å². The van der Waals surface area contributed by atoms with Gasteiger partial charge in [-0.2, -0.15) is 0 Å². The molecule has 3 heteroatoms. The second kappa shape index (κ2) is 10.9. The van der Waals surface area contributed by atoms with E-state index in [0.29, 0.717) is 0 Å². The molecular weight excluding hydrogens is 366 g/mol. The molecule has 30 heavy (non-hydrogen) atoms. The highest BCUT2D eigenvalue weighted by molar-refractivity contribution is 5.60. The highest BCUT2D eigenvalue weighted by Gasteiger charge is 2.34. The average Bonchev–Trinajstić information content (AvgIpc) is 2.78. The molecule has 0 amide bonds. The third-order valence-corrected chi connectivity index (χ3v) is 5.79. The third kappa shape index (κ3) is 5.27. The van der Waals surface area contributed by atoms with Crippen LogP contribution >= 0.6 is 0 Å². The molecule has 0 bridgehead atoms. The number of benzene rings is 2. The quantitative estimate of drug-likeness (QED) is 0.397. The van der Waals surface area contributed by atoms with Gasteiger partial charge in [0.15, 0.2) is 0 Å². The van der Waals surface area contributed by atoms with E-state index < -0.39 is 5.79 Å². The second-order valence-electron chi connectivity index (χ2n) is 8.02. The van der Waals surface area contributed by atoms with Gasteiger partial charge in [0, 0.05) is 24.1 Å². The molecular formula is C27H37N3. The average molecular weight is 404 g/mol. The third-order valence-electron chi connectivity index (χ3n) is 5.79. The van der Waals surface area contributed by atoms with E-state index in [1.807, 2.05) is 0 Å². The number of para-hydroxylation sites is 2. The van der Waals surface area contributed by atoms with Crippen molar-refractivity contribution in [2.45, 2.75) is 65.1 Å². The van der Waals surface area contributed by atoms with Crippen LogP contribution in [-0.2, 0) is 12.8 Å². The Labute approximate surface area is 182 Å². The van der Waals surface area contributed by atoms with Crippen LogP contribution in [0, 0.1) is 0 Å². The molecule has 0 saturated heterocycles. The van der Waals surface area contributed by atoms with Gasteiger partial charge in [0.25, 0.3) is 0 Å². The largest absolute Gasteiger partial charge is 0.342 e. The van der Waals surface area contributed by atoms with Gasteiger partial charge in [-0.1, -0.05) is 69.2 Å². The van der Waals surface area contributed by atoms with E-state index in [-0.39, 0.29) is 0 Å². The summed E-state index contributed by atoms with van der Waals surface area (Å²) in [5.41, 5.74) is 5.14. The fourth-order valence-corrected chi connectivity index (χ4v) is 4.04. The molecule has 1 heterocycles. The highest BCUT2D eigenvalue weighted by Crippen LogP contribution is 2.30. The summed E-state index contributed by atoms with van der Waals surface area (Å²) in [5.74, 6) is -0.506. The van der Waals surface area contributed by atoms with E-state index in [1.165, 1.54) is 48.2 Å². The van der Waals surface area contributed by atoms with E-state index in [0.717, 1.165) is 19.4 Å². The van der Waals surface area contributed by atoms with E-state index in [9.17, 15) is 0 Å². The molecule has 0 spiro atoms. The van der Waals surface area contributed by atoms with Crippen molar-refractivity contribution in [3.05, 3.63) is 84.1 Å². The lowest BCUT2D eigenvalue weighted by Crippen LogP contribution is -2.57. The first-order chi connectivity index (χ1) is 14.7. The summed E-state index contributed by atoms with van der Waals surface area (Å²) in [6.45, 7) is 7.60. The van der Waals surface area contributed by atoms with E-state index >= 15 is 0 Å². The molecule has 0 fully saturated rings. The number of anilines is 2. The summed E-state index contributed by atoms with van der Waals surface area (Å²) in [5, 5.41) is 7.76. The van der Waals surface area contributed by atoms with Crippen LogP contribution in [-0.4, -0.2) is 17.2 Å². The summed E-state index contributed by atoms with van der Waals surface area (Å²) in [6, 6.07) is 17.4. The molecule has 0 unspecified atom stereocenters. The van der Waals surface area contributed by atoms with Crippen molar-refractivity contribution < 1.29 is 0 Å². The number of hydrogen-bond acceptors (Lipinski definition) is 3. The lowest BCUT2D eigenvalue weighted by molar-refractivity contribution is 0.263. The van der Waals surface area contributed by atoms with Gasteiger partial charge in [-0.15, -0.1) is 0 Å². The maximum absolute atomic E-state index is 3.88. The number of nitrogens with one attached hydrogen (secondary N) is 2. The lowest BCUT2D eigenvalue weighted by atomic mass is 10.0. The van der Waals surface area contributed by atoms with Gasteiger partial charge in [-0.25, -0.2) is 0 Å². The highest BCUT2D eigenvalue weighted by atomic mass is 15.4. The summed E-state index contributed by atoms with van der Waals surface area (Å²) < 4.78 is 0. The maximum atomic E-state index is 3.88. The van der Waals surface area contributed by atoms with Gasteiger partial charge < -0.3 is 15.5 Å². The zero-order valence-electron chi connectivity index (χ0n) is 18.8. The Morgan fingerprint density at radius 2 is 1.27 bits per heavy atom. The van der Waals surface area contributed by atoms with Crippen molar-refractivity contribution in [3.63, 3.8) is 0 Å². The molecule has 2 aromatic rings. The van der Waals surface area contributed by atoms with Crippen LogP contribution in [0.1, 0.15) is 57.6 Å². The fraction of sp³-hybridized carbons (Fsp3) is 0.407. The Hall–Kier alpha value is -2.68. The van der Waals surface area contributed by atoms with Gasteiger partial charge in [0.05, 0.1) is 0 Å². The summed E-state index contributed by atoms with van der Waals surface area (Å²) in [4.78, 5) is 2.33. The van der Waals surface area contributed by atoms with Gasteiger partial charge in [-0.3, -0.25) is 0 Å². The molecule has 2 aromatic carbocycles. The molecule has 160 valence electrons. The SMILES string of the molecule is CCCCc1ccccc1NC1(Nc2ccccc2CCCC)C=CC=CN1CC. The molecule has 3 nitrogen and oxygen atoms in total. The van der Waals surface area contributed by atoms with Gasteiger partial charge >= 0.3 is 0 Å². The molecule has 1 aliphatic heterocycles. The summed E-state index contributed by atoms with van der Waals surface area (Å²) in [6.07, 6.45) is 15.6. The first-order valence-electron chi connectivity index (χ1n) is 11.6. The fourth-order valence-electron chi connectivity index (χ4n) is 4.04. The summed E-state index contributed by atoms with van der Waals surface area (Å²) >= 11 is 0. The minimum Gasteiger partial charge on any atom is -0.342 e. The first-order valence-corrected chi connectivity index (χ1v) is 11.6. The zero-order chi connectivity index (χ0) is 21.2. The van der Waals surface area contributed by atoms with Crippen molar-refractivity contribution in [1.82, 2.24) is 4.90 Å². The predicted molar refractivity (Wildman–Crippen MR) is 131 cm³/mol.